The standard InChI is InChI=1S/C27H22F4N2O5S/c28-20-9-3-17(4-10-20)23-24(18-5-11-21(34)12-6-18)26(36)33(25(23)35)16-2-1-15-32-39(37,38)22-13-7-19(8-14-22)27(29,30)31/h3-14,32,34H,1-2,15-16H2. The fourth-order valence-corrected chi connectivity index (χ4v) is 5.14. The van der Waals surface area contributed by atoms with Gasteiger partial charge < -0.3 is 5.11 Å². The number of carbonyl (C=O) groups excluding carboxylic acids is 2. The number of alkyl halides is 3. The Bertz CT molecular complexity index is 1450. The number of imide groups is 1. The summed E-state index contributed by atoms with van der Waals surface area (Å²) in [6, 6.07) is 13.9. The highest BCUT2D eigenvalue weighted by Crippen LogP contribution is 2.36. The summed E-state index contributed by atoms with van der Waals surface area (Å²) < 4.78 is 78.7. The number of hydrogen-bond acceptors (Lipinski definition) is 5. The van der Waals surface area contributed by atoms with Gasteiger partial charge in [0.05, 0.1) is 21.6 Å². The molecule has 0 atom stereocenters. The smallest absolute Gasteiger partial charge is 0.416 e. The first-order valence-corrected chi connectivity index (χ1v) is 13.2. The summed E-state index contributed by atoms with van der Waals surface area (Å²) in [5.41, 5.74) is -0.0769. The Morgan fingerprint density at radius 2 is 1.28 bits per heavy atom. The molecular weight excluding hydrogens is 540 g/mol. The van der Waals surface area contributed by atoms with Crippen molar-refractivity contribution in [2.75, 3.05) is 13.1 Å². The van der Waals surface area contributed by atoms with Crippen LogP contribution in [0.25, 0.3) is 11.1 Å². The molecule has 7 nitrogen and oxygen atoms in total. The number of rotatable bonds is 9. The molecule has 12 heteroatoms. The molecule has 0 aliphatic carbocycles. The van der Waals surface area contributed by atoms with Gasteiger partial charge in [-0.15, -0.1) is 0 Å². The zero-order valence-corrected chi connectivity index (χ0v) is 21.0. The summed E-state index contributed by atoms with van der Waals surface area (Å²) >= 11 is 0. The molecule has 3 aromatic rings. The third-order valence-electron chi connectivity index (χ3n) is 6.05. The van der Waals surface area contributed by atoms with E-state index in [-0.39, 0.29) is 47.7 Å². The Balaban J connectivity index is 1.42. The number of halogens is 4. The van der Waals surface area contributed by atoms with Gasteiger partial charge in [0.1, 0.15) is 11.6 Å². The van der Waals surface area contributed by atoms with Crippen molar-refractivity contribution < 1.29 is 40.7 Å². The molecule has 2 amide bonds. The summed E-state index contributed by atoms with van der Waals surface area (Å²) in [5.74, 6) is -1.73. The number of amides is 2. The molecule has 0 saturated carbocycles. The minimum atomic E-state index is -4.59. The molecule has 2 N–H and O–H groups in total. The lowest BCUT2D eigenvalue weighted by Gasteiger charge is -2.15. The van der Waals surface area contributed by atoms with Crippen molar-refractivity contribution in [2.24, 2.45) is 0 Å². The number of phenolic OH excluding ortho intramolecular Hbond substituents is 1. The van der Waals surface area contributed by atoms with Crippen LogP contribution in [0, 0.1) is 5.82 Å². The van der Waals surface area contributed by atoms with E-state index in [4.69, 9.17) is 0 Å². The third-order valence-corrected chi connectivity index (χ3v) is 7.53. The quantitative estimate of drug-likeness (QED) is 0.226. The molecule has 204 valence electrons. The second-order valence-electron chi connectivity index (χ2n) is 8.69. The molecule has 0 saturated heterocycles. The number of sulfonamides is 1. The maximum absolute atomic E-state index is 13.5. The van der Waals surface area contributed by atoms with Crippen molar-refractivity contribution in [1.82, 2.24) is 9.62 Å². The van der Waals surface area contributed by atoms with Crippen molar-refractivity contribution in [1.29, 1.82) is 0 Å². The number of benzene rings is 3. The van der Waals surface area contributed by atoms with Gasteiger partial charge in [-0.25, -0.2) is 17.5 Å². The Labute approximate surface area is 221 Å². The molecule has 1 aliphatic rings. The van der Waals surface area contributed by atoms with Crippen LogP contribution >= 0.6 is 0 Å². The van der Waals surface area contributed by atoms with Crippen LogP contribution in [0.2, 0.25) is 0 Å². The average Bonchev–Trinajstić information content (AvgIpc) is 3.14. The maximum atomic E-state index is 13.5. The second-order valence-corrected chi connectivity index (χ2v) is 10.5. The highest BCUT2D eigenvalue weighted by Gasteiger charge is 2.39. The highest BCUT2D eigenvalue weighted by molar-refractivity contribution is 7.89. The SMILES string of the molecule is O=C1C(c2ccc(O)cc2)=C(c2ccc(F)cc2)C(=O)N1CCCCNS(=O)(=O)c1ccc(C(F)(F)F)cc1. The molecule has 3 aromatic carbocycles. The predicted octanol–water partition coefficient (Wildman–Crippen LogP) is 4.59. The van der Waals surface area contributed by atoms with E-state index in [1.165, 1.54) is 48.5 Å². The molecule has 0 radical (unpaired) electrons. The number of carbonyl (C=O) groups is 2. The average molecular weight is 563 g/mol. The molecule has 1 heterocycles. The van der Waals surface area contributed by atoms with Crippen LogP contribution in [0.1, 0.15) is 29.5 Å². The molecule has 4 rings (SSSR count). The number of nitrogens with one attached hydrogen (secondary N) is 1. The zero-order valence-electron chi connectivity index (χ0n) is 20.2. The fraction of sp³-hybridized carbons (Fsp3) is 0.185. The summed E-state index contributed by atoms with van der Waals surface area (Å²) in [6.45, 7) is -0.116. The monoisotopic (exact) mass is 562 g/mol. The molecule has 1 aliphatic heterocycles. The lowest BCUT2D eigenvalue weighted by atomic mass is 9.96. The van der Waals surface area contributed by atoms with E-state index in [0.29, 0.717) is 23.3 Å². The Morgan fingerprint density at radius 1 is 0.769 bits per heavy atom. The first kappa shape index (κ1) is 28.0. The molecule has 0 spiro atoms. The van der Waals surface area contributed by atoms with Crippen LogP contribution in [0.5, 0.6) is 5.75 Å². The van der Waals surface area contributed by atoms with Crippen molar-refractivity contribution in [3.63, 3.8) is 0 Å². The van der Waals surface area contributed by atoms with Gasteiger partial charge in [-0.1, -0.05) is 24.3 Å². The summed E-state index contributed by atoms with van der Waals surface area (Å²) in [6.07, 6.45) is -4.14. The summed E-state index contributed by atoms with van der Waals surface area (Å²) in [5, 5.41) is 9.61. The maximum Gasteiger partial charge on any atom is 0.416 e. The summed E-state index contributed by atoms with van der Waals surface area (Å²) in [4.78, 5) is 27.2. The third kappa shape index (κ3) is 6.18. The van der Waals surface area contributed by atoms with E-state index in [2.05, 4.69) is 4.72 Å². The molecule has 0 aromatic heterocycles. The van der Waals surface area contributed by atoms with E-state index in [9.17, 15) is 40.7 Å². The number of unbranched alkanes of at least 4 members (excludes halogenated alkanes) is 1. The van der Waals surface area contributed by atoms with Gasteiger partial charge in [0.25, 0.3) is 11.8 Å². The van der Waals surface area contributed by atoms with Gasteiger partial charge in [-0.2, -0.15) is 13.2 Å². The Hall–Kier alpha value is -4.03. The number of aromatic hydroxyl groups is 1. The Kier molecular flexibility index (Phi) is 7.89. The highest BCUT2D eigenvalue weighted by atomic mass is 32.2. The van der Waals surface area contributed by atoms with E-state index in [1.807, 2.05) is 0 Å². The van der Waals surface area contributed by atoms with E-state index in [1.54, 1.807) is 0 Å². The van der Waals surface area contributed by atoms with Crippen LogP contribution in [-0.2, 0) is 25.8 Å². The lowest BCUT2D eigenvalue weighted by Crippen LogP contribution is -2.33. The lowest BCUT2D eigenvalue weighted by molar-refractivity contribution is -0.138. The van der Waals surface area contributed by atoms with Gasteiger partial charge >= 0.3 is 6.18 Å². The van der Waals surface area contributed by atoms with Gasteiger partial charge in [-0.05, 0) is 72.5 Å². The summed E-state index contributed by atoms with van der Waals surface area (Å²) in [7, 11) is -4.06. The van der Waals surface area contributed by atoms with Crippen molar-refractivity contribution in [2.45, 2.75) is 23.9 Å². The molecule has 0 unspecified atom stereocenters. The topological polar surface area (TPSA) is 104 Å². The minimum Gasteiger partial charge on any atom is -0.508 e. The van der Waals surface area contributed by atoms with Gasteiger partial charge in [0.2, 0.25) is 10.0 Å². The Morgan fingerprint density at radius 3 is 1.79 bits per heavy atom. The van der Waals surface area contributed by atoms with Crippen molar-refractivity contribution in [3.8, 4) is 5.75 Å². The molecule has 0 bridgehead atoms. The van der Waals surface area contributed by atoms with Gasteiger partial charge in [0.15, 0.2) is 0 Å². The normalized spacial score (nSPS) is 14.4. The minimum absolute atomic E-state index is 0.0324. The molecular formula is C27H22F4N2O5S. The first-order valence-electron chi connectivity index (χ1n) is 11.7. The van der Waals surface area contributed by atoms with Gasteiger partial charge in [0, 0.05) is 13.1 Å². The zero-order chi connectivity index (χ0) is 28.4. The van der Waals surface area contributed by atoms with Crippen LogP contribution in [0.3, 0.4) is 0 Å². The molecule has 0 fully saturated rings. The van der Waals surface area contributed by atoms with Crippen LogP contribution < -0.4 is 4.72 Å². The van der Waals surface area contributed by atoms with E-state index >= 15 is 0 Å². The predicted molar refractivity (Wildman–Crippen MR) is 134 cm³/mol. The number of phenols is 1. The van der Waals surface area contributed by atoms with Crippen molar-refractivity contribution >= 4 is 33.0 Å². The van der Waals surface area contributed by atoms with Crippen LogP contribution in [0.4, 0.5) is 17.6 Å². The van der Waals surface area contributed by atoms with Crippen LogP contribution in [-0.4, -0.2) is 43.3 Å². The molecule has 39 heavy (non-hydrogen) atoms. The van der Waals surface area contributed by atoms with E-state index < -0.39 is 39.4 Å². The largest absolute Gasteiger partial charge is 0.508 e. The first-order chi connectivity index (χ1) is 18.4. The van der Waals surface area contributed by atoms with Crippen molar-refractivity contribution in [3.05, 3.63) is 95.3 Å². The van der Waals surface area contributed by atoms with E-state index in [0.717, 1.165) is 17.0 Å². The number of hydrogen-bond donors (Lipinski definition) is 2. The van der Waals surface area contributed by atoms with Gasteiger partial charge in [-0.3, -0.25) is 14.5 Å². The number of nitrogens with zero attached hydrogens (tertiary/aromatic N) is 1. The second kappa shape index (κ2) is 11.0. The fourth-order valence-electron chi connectivity index (χ4n) is 4.07. The van der Waals surface area contributed by atoms with Crippen LogP contribution in [0.15, 0.2) is 77.7 Å².